The molecule has 4 heterocycles. The maximum atomic E-state index is 13.0. The van der Waals surface area contributed by atoms with Gasteiger partial charge in [-0.15, -0.1) is 0 Å². The summed E-state index contributed by atoms with van der Waals surface area (Å²) in [6.45, 7) is 2.85. The second kappa shape index (κ2) is 6.67. The van der Waals surface area contributed by atoms with Crippen LogP contribution in [0.25, 0.3) is 5.65 Å². The lowest BCUT2D eigenvalue weighted by molar-refractivity contribution is 0.0725. The molecule has 1 fully saturated rings. The van der Waals surface area contributed by atoms with Crippen LogP contribution >= 0.6 is 0 Å². The molecule has 0 aromatic carbocycles. The molecule has 0 unspecified atom stereocenters. The summed E-state index contributed by atoms with van der Waals surface area (Å²) in [7, 11) is 0. The molecule has 1 amide bonds. The molecular formula is C20H22N4O. The molecule has 5 heteroatoms. The summed E-state index contributed by atoms with van der Waals surface area (Å²) < 4.78 is 1.98. The number of pyridine rings is 2. The van der Waals surface area contributed by atoms with Gasteiger partial charge in [-0.1, -0.05) is 6.07 Å². The second-order valence-electron chi connectivity index (χ2n) is 6.71. The number of fused-ring (bicyclic) bond motifs is 1. The van der Waals surface area contributed by atoms with Gasteiger partial charge in [-0.2, -0.15) is 0 Å². The lowest BCUT2D eigenvalue weighted by Crippen LogP contribution is -2.36. The number of carbonyl (C=O) groups excluding carboxylic acids is 1. The van der Waals surface area contributed by atoms with Crippen molar-refractivity contribution in [2.24, 2.45) is 0 Å². The Balaban J connectivity index is 1.50. The van der Waals surface area contributed by atoms with Crippen LogP contribution in [0, 0.1) is 6.92 Å². The van der Waals surface area contributed by atoms with E-state index in [9.17, 15) is 4.79 Å². The van der Waals surface area contributed by atoms with Crippen LogP contribution in [-0.2, 0) is 6.42 Å². The topological polar surface area (TPSA) is 50.5 Å². The minimum Gasteiger partial charge on any atom is -0.334 e. The molecular weight excluding hydrogens is 312 g/mol. The third kappa shape index (κ3) is 3.14. The fourth-order valence-electron chi connectivity index (χ4n) is 3.68. The molecule has 1 atom stereocenters. The van der Waals surface area contributed by atoms with Crippen molar-refractivity contribution in [2.75, 3.05) is 6.54 Å². The molecule has 0 radical (unpaired) electrons. The van der Waals surface area contributed by atoms with E-state index in [4.69, 9.17) is 0 Å². The average Bonchev–Trinajstić information content (AvgIpc) is 3.28. The Morgan fingerprint density at radius 3 is 2.88 bits per heavy atom. The standard InChI is InChI=1S/C20H22N4O/c1-15-4-2-6-19-22-18(14-24(15)19)20(25)23-13-3-5-17(23)8-7-16-9-11-21-12-10-16/h2,4,6,9-12,14,17H,3,5,7-8,13H2,1H3/t17-/m0/s1. The Morgan fingerprint density at radius 2 is 2.08 bits per heavy atom. The molecule has 4 rings (SSSR count). The summed E-state index contributed by atoms with van der Waals surface area (Å²) in [4.78, 5) is 23.6. The summed E-state index contributed by atoms with van der Waals surface area (Å²) in [5, 5.41) is 0. The maximum Gasteiger partial charge on any atom is 0.274 e. The van der Waals surface area contributed by atoms with E-state index in [0.29, 0.717) is 11.7 Å². The number of hydrogen-bond donors (Lipinski definition) is 0. The average molecular weight is 334 g/mol. The van der Waals surface area contributed by atoms with Gasteiger partial charge in [0.1, 0.15) is 11.3 Å². The Hall–Kier alpha value is -2.69. The predicted octanol–water partition coefficient (Wildman–Crippen LogP) is 3.28. The Morgan fingerprint density at radius 1 is 1.24 bits per heavy atom. The van der Waals surface area contributed by atoms with Crippen molar-refractivity contribution in [3.63, 3.8) is 0 Å². The summed E-state index contributed by atoms with van der Waals surface area (Å²) in [5.74, 6) is 0.0559. The zero-order chi connectivity index (χ0) is 17.2. The van der Waals surface area contributed by atoms with Crippen LogP contribution in [0.1, 0.15) is 41.0 Å². The van der Waals surface area contributed by atoms with Gasteiger partial charge in [0.15, 0.2) is 0 Å². The van der Waals surface area contributed by atoms with Gasteiger partial charge in [0.25, 0.3) is 5.91 Å². The monoisotopic (exact) mass is 334 g/mol. The second-order valence-corrected chi connectivity index (χ2v) is 6.71. The van der Waals surface area contributed by atoms with Crippen LogP contribution in [0.15, 0.2) is 48.9 Å². The van der Waals surface area contributed by atoms with Gasteiger partial charge in [-0.05, 0) is 62.4 Å². The molecule has 1 aliphatic heterocycles. The molecule has 0 N–H and O–H groups in total. The summed E-state index contributed by atoms with van der Waals surface area (Å²) in [5.41, 5.74) is 3.73. The molecule has 0 saturated carbocycles. The highest BCUT2D eigenvalue weighted by atomic mass is 16.2. The van der Waals surface area contributed by atoms with Crippen LogP contribution in [0.4, 0.5) is 0 Å². The van der Waals surface area contributed by atoms with Crippen molar-refractivity contribution < 1.29 is 4.79 Å². The van der Waals surface area contributed by atoms with E-state index >= 15 is 0 Å². The molecule has 0 spiro atoms. The van der Waals surface area contributed by atoms with E-state index in [2.05, 4.69) is 9.97 Å². The Labute approximate surface area is 147 Å². The summed E-state index contributed by atoms with van der Waals surface area (Å²) in [6.07, 6.45) is 9.62. The lowest BCUT2D eigenvalue weighted by atomic mass is 10.0. The van der Waals surface area contributed by atoms with Crippen LogP contribution in [0.3, 0.4) is 0 Å². The van der Waals surface area contributed by atoms with E-state index in [1.54, 1.807) is 0 Å². The normalized spacial score (nSPS) is 17.3. The number of imidazole rings is 1. The number of likely N-dealkylation sites (tertiary alicyclic amines) is 1. The first kappa shape index (κ1) is 15.8. The van der Waals surface area contributed by atoms with Crippen molar-refractivity contribution in [1.82, 2.24) is 19.3 Å². The summed E-state index contributed by atoms with van der Waals surface area (Å²) in [6, 6.07) is 10.3. The van der Waals surface area contributed by atoms with E-state index in [1.807, 2.05) is 65.1 Å². The first-order chi connectivity index (χ1) is 12.2. The molecule has 0 aliphatic carbocycles. The van der Waals surface area contributed by atoms with Gasteiger partial charge in [0.2, 0.25) is 0 Å². The number of aromatic nitrogens is 3. The molecule has 25 heavy (non-hydrogen) atoms. The number of nitrogens with zero attached hydrogens (tertiary/aromatic N) is 4. The van der Waals surface area contributed by atoms with Crippen molar-refractivity contribution in [3.05, 3.63) is 65.9 Å². The highest BCUT2D eigenvalue weighted by Gasteiger charge is 2.30. The summed E-state index contributed by atoms with van der Waals surface area (Å²) >= 11 is 0. The van der Waals surface area contributed by atoms with E-state index < -0.39 is 0 Å². The minimum absolute atomic E-state index is 0.0559. The van der Waals surface area contributed by atoms with Gasteiger partial charge in [0.05, 0.1) is 0 Å². The molecule has 0 bridgehead atoms. The van der Waals surface area contributed by atoms with E-state index in [1.165, 1.54) is 5.56 Å². The number of amides is 1. The molecule has 5 nitrogen and oxygen atoms in total. The largest absolute Gasteiger partial charge is 0.334 e. The van der Waals surface area contributed by atoms with Crippen LogP contribution < -0.4 is 0 Å². The van der Waals surface area contributed by atoms with Crippen LogP contribution in [0.5, 0.6) is 0 Å². The minimum atomic E-state index is 0.0559. The third-order valence-electron chi connectivity index (χ3n) is 5.07. The molecule has 128 valence electrons. The maximum absolute atomic E-state index is 13.0. The zero-order valence-electron chi connectivity index (χ0n) is 14.4. The molecule has 1 aliphatic rings. The van der Waals surface area contributed by atoms with Gasteiger partial charge in [-0.25, -0.2) is 4.98 Å². The van der Waals surface area contributed by atoms with Crippen molar-refractivity contribution in [3.8, 4) is 0 Å². The van der Waals surface area contributed by atoms with Crippen molar-refractivity contribution >= 4 is 11.6 Å². The van der Waals surface area contributed by atoms with Gasteiger partial charge in [-0.3, -0.25) is 9.78 Å². The number of carbonyl (C=O) groups is 1. The zero-order valence-corrected chi connectivity index (χ0v) is 14.4. The predicted molar refractivity (Wildman–Crippen MR) is 96.5 cm³/mol. The van der Waals surface area contributed by atoms with E-state index in [-0.39, 0.29) is 5.91 Å². The lowest BCUT2D eigenvalue weighted by Gasteiger charge is -2.24. The number of rotatable bonds is 4. The van der Waals surface area contributed by atoms with Crippen LogP contribution in [0.2, 0.25) is 0 Å². The number of hydrogen-bond acceptors (Lipinski definition) is 3. The smallest absolute Gasteiger partial charge is 0.274 e. The fourth-order valence-corrected chi connectivity index (χ4v) is 3.68. The Bertz CT molecular complexity index is 887. The van der Waals surface area contributed by atoms with Gasteiger partial charge < -0.3 is 9.30 Å². The molecule has 3 aromatic rings. The third-order valence-corrected chi connectivity index (χ3v) is 5.07. The number of aryl methyl sites for hydroxylation is 2. The van der Waals surface area contributed by atoms with Gasteiger partial charge in [0, 0.05) is 36.9 Å². The first-order valence-corrected chi connectivity index (χ1v) is 8.87. The SMILES string of the molecule is Cc1cccc2nc(C(=O)N3CCC[C@H]3CCc3ccncc3)cn12. The van der Waals surface area contributed by atoms with Crippen molar-refractivity contribution in [2.45, 2.75) is 38.6 Å². The fraction of sp³-hybridized carbons (Fsp3) is 0.350. The molecule has 3 aromatic heterocycles. The quantitative estimate of drug-likeness (QED) is 0.736. The highest BCUT2D eigenvalue weighted by Crippen LogP contribution is 2.24. The molecule has 1 saturated heterocycles. The van der Waals surface area contributed by atoms with Crippen molar-refractivity contribution in [1.29, 1.82) is 0 Å². The van der Waals surface area contributed by atoms with Gasteiger partial charge >= 0.3 is 0 Å². The highest BCUT2D eigenvalue weighted by molar-refractivity contribution is 5.93. The van der Waals surface area contributed by atoms with Crippen LogP contribution in [-0.4, -0.2) is 37.8 Å². The van der Waals surface area contributed by atoms with E-state index in [0.717, 1.165) is 43.6 Å². The first-order valence-electron chi connectivity index (χ1n) is 8.87. The Kier molecular flexibility index (Phi) is 4.22.